The molecule has 0 N–H and O–H groups in total. The summed E-state index contributed by atoms with van der Waals surface area (Å²) in [4.78, 5) is 9.19. The second-order valence-corrected chi connectivity index (χ2v) is 6.93. The Morgan fingerprint density at radius 1 is 0.957 bits per heavy atom. The molecule has 1 aromatic heterocycles. The first-order valence-corrected chi connectivity index (χ1v) is 8.76. The number of anilines is 1. The van der Waals surface area contributed by atoms with E-state index in [0.717, 1.165) is 31.2 Å². The van der Waals surface area contributed by atoms with E-state index in [1.165, 1.54) is 24.9 Å². The molecule has 1 aliphatic heterocycles. The van der Waals surface area contributed by atoms with E-state index in [0.29, 0.717) is 12.1 Å². The summed E-state index contributed by atoms with van der Waals surface area (Å²) in [6.07, 6.45) is 7.17. The number of rotatable bonds is 3. The van der Waals surface area contributed by atoms with Crippen molar-refractivity contribution in [2.75, 3.05) is 31.1 Å². The molecule has 2 aliphatic rings. The average molecular weight is 332 g/mol. The highest BCUT2D eigenvalue weighted by Crippen LogP contribution is 2.33. The van der Waals surface area contributed by atoms with Crippen LogP contribution in [-0.4, -0.2) is 51.9 Å². The summed E-state index contributed by atoms with van der Waals surface area (Å²) >= 11 is 5.98. The summed E-state index contributed by atoms with van der Waals surface area (Å²) in [6.45, 7) is 4.45. The van der Waals surface area contributed by atoms with Crippen LogP contribution in [0.5, 0.6) is 0 Å². The normalized spacial score (nSPS) is 25.9. The Morgan fingerprint density at radius 3 is 2.39 bits per heavy atom. The van der Waals surface area contributed by atoms with Gasteiger partial charge in [0.1, 0.15) is 12.7 Å². The Labute approximate surface area is 141 Å². The molecule has 0 radical (unpaired) electrons. The van der Waals surface area contributed by atoms with Crippen molar-refractivity contribution >= 4 is 17.3 Å². The van der Waals surface area contributed by atoms with Gasteiger partial charge in [0.05, 0.1) is 6.04 Å². The van der Waals surface area contributed by atoms with Crippen LogP contribution in [0.15, 0.2) is 36.9 Å². The molecule has 4 rings (SSSR count). The number of aromatic nitrogens is 3. The summed E-state index contributed by atoms with van der Waals surface area (Å²) in [6, 6.07) is 9.41. The largest absolute Gasteiger partial charge is 0.369 e. The fraction of sp³-hybridized carbons (Fsp3) is 0.529. The van der Waals surface area contributed by atoms with Crippen LogP contribution in [0.25, 0.3) is 0 Å². The van der Waals surface area contributed by atoms with Gasteiger partial charge < -0.3 is 4.90 Å². The molecule has 6 heteroatoms. The van der Waals surface area contributed by atoms with Gasteiger partial charge >= 0.3 is 0 Å². The molecule has 1 aromatic carbocycles. The number of piperazine rings is 1. The van der Waals surface area contributed by atoms with Crippen LogP contribution < -0.4 is 4.90 Å². The van der Waals surface area contributed by atoms with E-state index in [2.05, 4.69) is 32.0 Å². The zero-order valence-electron chi connectivity index (χ0n) is 13.2. The fourth-order valence-electron chi connectivity index (χ4n) is 3.91. The molecule has 1 aliphatic carbocycles. The van der Waals surface area contributed by atoms with E-state index in [1.807, 2.05) is 23.1 Å². The SMILES string of the molecule is Clc1ccc(N2CCN(C3CCC(n4cncn4)C3)CC2)cc1. The Balaban J connectivity index is 1.32. The van der Waals surface area contributed by atoms with Gasteiger partial charge in [-0.2, -0.15) is 5.10 Å². The van der Waals surface area contributed by atoms with Gasteiger partial charge in [-0.15, -0.1) is 0 Å². The third kappa shape index (κ3) is 3.21. The molecule has 0 spiro atoms. The third-order valence-corrected chi connectivity index (χ3v) is 5.46. The van der Waals surface area contributed by atoms with Gasteiger partial charge in [-0.3, -0.25) is 4.90 Å². The molecule has 0 amide bonds. The van der Waals surface area contributed by atoms with Gasteiger partial charge in [0.15, 0.2) is 0 Å². The molecule has 122 valence electrons. The minimum atomic E-state index is 0.525. The molecule has 23 heavy (non-hydrogen) atoms. The lowest BCUT2D eigenvalue weighted by molar-refractivity contribution is 0.183. The van der Waals surface area contributed by atoms with Crippen LogP contribution in [0, 0.1) is 0 Å². The van der Waals surface area contributed by atoms with Gasteiger partial charge in [0.25, 0.3) is 0 Å². The molecule has 2 unspecified atom stereocenters. The summed E-state index contributed by atoms with van der Waals surface area (Å²) in [7, 11) is 0. The Kier molecular flexibility index (Phi) is 4.23. The van der Waals surface area contributed by atoms with Crippen molar-refractivity contribution in [2.24, 2.45) is 0 Å². The number of hydrogen-bond donors (Lipinski definition) is 0. The lowest BCUT2D eigenvalue weighted by Gasteiger charge is -2.39. The van der Waals surface area contributed by atoms with Crippen LogP contribution in [0.2, 0.25) is 5.02 Å². The highest BCUT2D eigenvalue weighted by atomic mass is 35.5. The first kappa shape index (κ1) is 15.0. The standard InChI is InChI=1S/C17H22ClN5/c18-14-1-3-15(4-2-14)21-7-9-22(10-8-21)16-5-6-17(11-16)23-13-19-12-20-23/h1-4,12-13,16-17H,5-11H2. The zero-order valence-corrected chi connectivity index (χ0v) is 13.9. The minimum Gasteiger partial charge on any atom is -0.369 e. The van der Waals surface area contributed by atoms with Gasteiger partial charge in [0, 0.05) is 42.9 Å². The van der Waals surface area contributed by atoms with Crippen molar-refractivity contribution in [1.29, 1.82) is 0 Å². The average Bonchev–Trinajstić information content (AvgIpc) is 3.27. The van der Waals surface area contributed by atoms with Crippen LogP contribution in [-0.2, 0) is 0 Å². The van der Waals surface area contributed by atoms with Crippen molar-refractivity contribution in [3.8, 4) is 0 Å². The third-order valence-electron chi connectivity index (χ3n) is 5.21. The molecule has 2 fully saturated rings. The number of nitrogens with zero attached hydrogens (tertiary/aromatic N) is 5. The van der Waals surface area contributed by atoms with E-state index < -0.39 is 0 Å². The number of hydrogen-bond acceptors (Lipinski definition) is 4. The van der Waals surface area contributed by atoms with Crippen LogP contribution in [0.4, 0.5) is 5.69 Å². The fourth-order valence-corrected chi connectivity index (χ4v) is 4.04. The second-order valence-electron chi connectivity index (χ2n) is 6.50. The van der Waals surface area contributed by atoms with Crippen LogP contribution in [0.1, 0.15) is 25.3 Å². The first-order valence-electron chi connectivity index (χ1n) is 8.38. The molecule has 2 atom stereocenters. The summed E-state index contributed by atoms with van der Waals surface area (Å²) < 4.78 is 2.03. The molecule has 5 nitrogen and oxygen atoms in total. The lowest BCUT2D eigenvalue weighted by atomic mass is 10.1. The maximum absolute atomic E-state index is 5.98. The van der Waals surface area contributed by atoms with Crippen molar-refractivity contribution in [3.05, 3.63) is 41.9 Å². The van der Waals surface area contributed by atoms with Crippen molar-refractivity contribution in [2.45, 2.75) is 31.3 Å². The molecule has 2 heterocycles. The van der Waals surface area contributed by atoms with Gasteiger partial charge in [-0.1, -0.05) is 11.6 Å². The smallest absolute Gasteiger partial charge is 0.137 e. The molecule has 0 bridgehead atoms. The van der Waals surface area contributed by atoms with Crippen LogP contribution >= 0.6 is 11.6 Å². The molecular formula is C17H22ClN5. The molecular weight excluding hydrogens is 310 g/mol. The number of halogens is 1. The van der Waals surface area contributed by atoms with E-state index in [9.17, 15) is 0 Å². The van der Waals surface area contributed by atoms with E-state index in [1.54, 1.807) is 6.33 Å². The molecule has 1 saturated carbocycles. The van der Waals surface area contributed by atoms with Crippen molar-refractivity contribution in [3.63, 3.8) is 0 Å². The van der Waals surface area contributed by atoms with Gasteiger partial charge in [-0.05, 0) is 43.5 Å². The minimum absolute atomic E-state index is 0.525. The first-order chi connectivity index (χ1) is 11.3. The predicted molar refractivity (Wildman–Crippen MR) is 91.9 cm³/mol. The Morgan fingerprint density at radius 2 is 1.70 bits per heavy atom. The molecule has 1 saturated heterocycles. The summed E-state index contributed by atoms with van der Waals surface area (Å²) in [5.41, 5.74) is 1.28. The monoisotopic (exact) mass is 331 g/mol. The van der Waals surface area contributed by atoms with Crippen LogP contribution in [0.3, 0.4) is 0 Å². The Hall–Kier alpha value is -1.59. The van der Waals surface area contributed by atoms with Gasteiger partial charge in [0.2, 0.25) is 0 Å². The maximum atomic E-state index is 5.98. The van der Waals surface area contributed by atoms with E-state index in [4.69, 9.17) is 11.6 Å². The maximum Gasteiger partial charge on any atom is 0.137 e. The highest BCUT2D eigenvalue weighted by Gasteiger charge is 2.32. The van der Waals surface area contributed by atoms with Gasteiger partial charge in [-0.25, -0.2) is 9.67 Å². The summed E-state index contributed by atoms with van der Waals surface area (Å²) in [5, 5.41) is 5.11. The predicted octanol–water partition coefficient (Wildman–Crippen LogP) is 2.85. The summed E-state index contributed by atoms with van der Waals surface area (Å²) in [5.74, 6) is 0. The zero-order chi connectivity index (χ0) is 15.6. The quantitative estimate of drug-likeness (QED) is 0.866. The Bertz CT molecular complexity index is 619. The van der Waals surface area contributed by atoms with E-state index >= 15 is 0 Å². The number of benzene rings is 1. The van der Waals surface area contributed by atoms with E-state index in [-0.39, 0.29) is 0 Å². The highest BCUT2D eigenvalue weighted by molar-refractivity contribution is 6.30. The van der Waals surface area contributed by atoms with Crippen molar-refractivity contribution < 1.29 is 0 Å². The molecule has 2 aromatic rings. The topological polar surface area (TPSA) is 37.2 Å². The van der Waals surface area contributed by atoms with Crippen molar-refractivity contribution in [1.82, 2.24) is 19.7 Å². The second kappa shape index (κ2) is 6.49. The lowest BCUT2D eigenvalue weighted by Crippen LogP contribution is -2.49.